The zero-order valence-electron chi connectivity index (χ0n) is 10.7. The van der Waals surface area contributed by atoms with E-state index in [4.69, 9.17) is 4.74 Å². The summed E-state index contributed by atoms with van der Waals surface area (Å²) in [5, 5.41) is 0. The van der Waals surface area contributed by atoms with Gasteiger partial charge >= 0.3 is 0 Å². The normalized spacial score (nSPS) is 19.8. The van der Waals surface area contributed by atoms with Crippen LogP contribution >= 0.6 is 0 Å². The van der Waals surface area contributed by atoms with Gasteiger partial charge in [0.05, 0.1) is 18.7 Å². The van der Waals surface area contributed by atoms with Crippen LogP contribution in [0.2, 0.25) is 0 Å². The van der Waals surface area contributed by atoms with E-state index in [0.29, 0.717) is 18.9 Å². The first-order chi connectivity index (χ1) is 8.81. The zero-order valence-corrected chi connectivity index (χ0v) is 10.7. The summed E-state index contributed by atoms with van der Waals surface area (Å²) < 4.78 is 4.94. The Morgan fingerprint density at radius 3 is 3.17 bits per heavy atom. The molecule has 0 bridgehead atoms. The van der Waals surface area contributed by atoms with Crippen LogP contribution in [-0.4, -0.2) is 47.6 Å². The minimum Gasteiger partial charge on any atom is -0.384 e. The first kappa shape index (κ1) is 13.0. The van der Waals surface area contributed by atoms with Crippen LogP contribution < -0.4 is 0 Å². The van der Waals surface area contributed by atoms with Crippen molar-refractivity contribution in [2.45, 2.75) is 25.2 Å². The van der Waals surface area contributed by atoms with E-state index in [0.717, 1.165) is 31.6 Å². The monoisotopic (exact) mass is 249 g/mol. The van der Waals surface area contributed by atoms with Crippen LogP contribution in [0.4, 0.5) is 0 Å². The Bertz CT molecular complexity index is 383. The smallest absolute Gasteiger partial charge is 0.224 e. The number of carbonyl (C=O) groups is 1. The number of likely N-dealkylation sites (tertiary alicyclic amines) is 1. The molecule has 1 saturated heterocycles. The number of nitrogens with zero attached hydrogens (tertiary/aromatic N) is 3. The van der Waals surface area contributed by atoms with Gasteiger partial charge in [-0.15, -0.1) is 0 Å². The summed E-state index contributed by atoms with van der Waals surface area (Å²) in [4.78, 5) is 22.3. The molecular weight excluding hydrogens is 230 g/mol. The molecule has 1 aliphatic rings. The number of rotatable bonds is 4. The second-order valence-electron chi connectivity index (χ2n) is 4.55. The van der Waals surface area contributed by atoms with E-state index in [2.05, 4.69) is 9.97 Å². The Balaban J connectivity index is 1.94. The molecule has 1 fully saturated rings. The molecule has 1 aliphatic heterocycles. The molecule has 2 heterocycles. The fraction of sp³-hybridized carbons (Fsp3) is 0.615. The van der Waals surface area contributed by atoms with Gasteiger partial charge in [0.1, 0.15) is 0 Å². The van der Waals surface area contributed by atoms with Crippen molar-refractivity contribution >= 4 is 5.91 Å². The second kappa shape index (κ2) is 6.44. The van der Waals surface area contributed by atoms with E-state index in [-0.39, 0.29) is 5.91 Å². The highest BCUT2D eigenvalue weighted by Crippen LogP contribution is 2.25. The quantitative estimate of drug-likeness (QED) is 0.805. The lowest BCUT2D eigenvalue weighted by Gasteiger charge is -2.32. The van der Waals surface area contributed by atoms with Gasteiger partial charge in [0.25, 0.3) is 0 Å². The maximum atomic E-state index is 11.9. The number of piperidine rings is 1. The van der Waals surface area contributed by atoms with E-state index in [1.807, 2.05) is 4.90 Å². The average molecular weight is 249 g/mol. The van der Waals surface area contributed by atoms with Crippen LogP contribution in [0.1, 0.15) is 30.9 Å². The van der Waals surface area contributed by atoms with Crippen molar-refractivity contribution in [3.8, 4) is 0 Å². The van der Waals surface area contributed by atoms with E-state index in [9.17, 15) is 4.79 Å². The van der Waals surface area contributed by atoms with E-state index < -0.39 is 0 Å². The second-order valence-corrected chi connectivity index (χ2v) is 4.55. The van der Waals surface area contributed by atoms with E-state index in [1.165, 1.54) is 0 Å². The standard InChI is InChI=1S/C13H19N3O2/c1-18-8-4-13(17)16-7-2-3-11(10-16)12-9-14-5-6-15-12/h5-6,9,11H,2-4,7-8,10H2,1H3. The molecule has 1 aromatic rings. The average Bonchev–Trinajstić information content (AvgIpc) is 2.46. The fourth-order valence-electron chi connectivity index (χ4n) is 2.31. The minimum atomic E-state index is 0.172. The number of aromatic nitrogens is 2. The van der Waals surface area contributed by atoms with Gasteiger partial charge in [0, 0.05) is 44.7 Å². The van der Waals surface area contributed by atoms with Crippen LogP contribution in [-0.2, 0) is 9.53 Å². The third-order valence-electron chi connectivity index (χ3n) is 3.30. The van der Waals surface area contributed by atoms with Crippen molar-refractivity contribution in [1.29, 1.82) is 0 Å². The Morgan fingerprint density at radius 1 is 1.56 bits per heavy atom. The summed E-state index contributed by atoms with van der Waals surface area (Å²) in [5.41, 5.74) is 0.988. The highest BCUT2D eigenvalue weighted by atomic mass is 16.5. The molecule has 18 heavy (non-hydrogen) atoms. The first-order valence-electron chi connectivity index (χ1n) is 6.34. The van der Waals surface area contributed by atoms with Gasteiger partial charge in [-0.2, -0.15) is 0 Å². The summed E-state index contributed by atoms with van der Waals surface area (Å²) in [7, 11) is 1.62. The van der Waals surface area contributed by atoms with Gasteiger partial charge in [0.15, 0.2) is 0 Å². The van der Waals surface area contributed by atoms with Crippen LogP contribution in [0.5, 0.6) is 0 Å². The van der Waals surface area contributed by atoms with Gasteiger partial charge < -0.3 is 9.64 Å². The summed E-state index contributed by atoms with van der Waals surface area (Å²) in [6.07, 6.45) is 7.75. The van der Waals surface area contributed by atoms with Crippen LogP contribution in [0.25, 0.3) is 0 Å². The van der Waals surface area contributed by atoms with Gasteiger partial charge in [0.2, 0.25) is 5.91 Å². The molecule has 98 valence electrons. The maximum Gasteiger partial charge on any atom is 0.224 e. The summed E-state index contributed by atoms with van der Waals surface area (Å²) >= 11 is 0. The molecule has 0 radical (unpaired) electrons. The predicted octanol–water partition coefficient (Wildman–Crippen LogP) is 1.22. The van der Waals surface area contributed by atoms with E-state index >= 15 is 0 Å². The largest absolute Gasteiger partial charge is 0.384 e. The summed E-state index contributed by atoms with van der Waals surface area (Å²) in [6.45, 7) is 2.09. The number of ether oxygens (including phenoxy) is 1. The Kier molecular flexibility index (Phi) is 4.64. The highest BCUT2D eigenvalue weighted by molar-refractivity contribution is 5.76. The Hall–Kier alpha value is -1.49. The van der Waals surface area contributed by atoms with Crippen molar-refractivity contribution in [2.24, 2.45) is 0 Å². The molecule has 2 rings (SSSR count). The van der Waals surface area contributed by atoms with Crippen LogP contribution in [0.3, 0.4) is 0 Å². The third-order valence-corrected chi connectivity index (χ3v) is 3.30. The molecule has 1 amide bonds. The molecule has 1 atom stereocenters. The van der Waals surface area contributed by atoms with Crippen molar-refractivity contribution in [3.63, 3.8) is 0 Å². The molecule has 1 aromatic heterocycles. The molecule has 1 unspecified atom stereocenters. The number of methoxy groups -OCH3 is 1. The fourth-order valence-corrected chi connectivity index (χ4v) is 2.31. The number of hydrogen-bond donors (Lipinski definition) is 0. The van der Waals surface area contributed by atoms with Crippen LogP contribution in [0.15, 0.2) is 18.6 Å². The maximum absolute atomic E-state index is 11.9. The van der Waals surface area contributed by atoms with Gasteiger partial charge in [-0.05, 0) is 12.8 Å². The molecule has 0 saturated carbocycles. The molecule has 0 aliphatic carbocycles. The van der Waals surface area contributed by atoms with Crippen molar-refractivity contribution in [1.82, 2.24) is 14.9 Å². The molecule has 0 N–H and O–H groups in total. The number of carbonyl (C=O) groups excluding carboxylic acids is 1. The lowest BCUT2D eigenvalue weighted by Crippen LogP contribution is -2.39. The number of hydrogen-bond acceptors (Lipinski definition) is 4. The molecule has 0 aromatic carbocycles. The first-order valence-corrected chi connectivity index (χ1v) is 6.34. The molecule has 5 heteroatoms. The minimum absolute atomic E-state index is 0.172. The zero-order chi connectivity index (χ0) is 12.8. The Morgan fingerprint density at radius 2 is 2.44 bits per heavy atom. The highest BCUT2D eigenvalue weighted by Gasteiger charge is 2.25. The van der Waals surface area contributed by atoms with Crippen molar-refractivity contribution in [3.05, 3.63) is 24.3 Å². The third kappa shape index (κ3) is 3.26. The lowest BCUT2D eigenvalue weighted by atomic mass is 9.95. The molecule has 0 spiro atoms. The number of amides is 1. The topological polar surface area (TPSA) is 55.3 Å². The lowest BCUT2D eigenvalue weighted by molar-refractivity contribution is -0.133. The van der Waals surface area contributed by atoms with Gasteiger partial charge in [-0.3, -0.25) is 14.8 Å². The predicted molar refractivity (Wildman–Crippen MR) is 67.1 cm³/mol. The van der Waals surface area contributed by atoms with E-state index in [1.54, 1.807) is 25.7 Å². The van der Waals surface area contributed by atoms with Gasteiger partial charge in [-0.1, -0.05) is 0 Å². The van der Waals surface area contributed by atoms with Crippen LogP contribution in [0, 0.1) is 0 Å². The van der Waals surface area contributed by atoms with Crippen molar-refractivity contribution in [2.75, 3.05) is 26.8 Å². The molecule has 5 nitrogen and oxygen atoms in total. The van der Waals surface area contributed by atoms with Crippen molar-refractivity contribution < 1.29 is 9.53 Å². The summed E-state index contributed by atoms with van der Waals surface area (Å²) in [5.74, 6) is 0.490. The molecular formula is C13H19N3O2. The van der Waals surface area contributed by atoms with Gasteiger partial charge in [-0.25, -0.2) is 0 Å². The SMILES string of the molecule is COCCC(=O)N1CCCC(c2cnccn2)C1. The Labute approximate surface area is 107 Å². The summed E-state index contributed by atoms with van der Waals surface area (Å²) in [6, 6.07) is 0.